The molecule has 0 spiro atoms. The lowest BCUT2D eigenvalue weighted by Gasteiger charge is -2.16. The van der Waals surface area contributed by atoms with Gasteiger partial charge in [0.2, 0.25) is 15.0 Å². The third kappa shape index (κ3) is 4.83. The van der Waals surface area contributed by atoms with E-state index in [1.54, 1.807) is 6.20 Å². The molecule has 0 unspecified atom stereocenters. The zero-order valence-corrected chi connectivity index (χ0v) is 15.5. The number of nitrogens with zero attached hydrogens (tertiary/aromatic N) is 2. The number of likely N-dealkylation sites (tertiary alicyclic amines) is 1. The summed E-state index contributed by atoms with van der Waals surface area (Å²) >= 11 is 0. The number of aromatic nitrogens is 2. The monoisotopic (exact) mass is 363 g/mol. The van der Waals surface area contributed by atoms with Gasteiger partial charge in [-0.1, -0.05) is 12.1 Å². The molecule has 1 atom stereocenters. The molecular weight excluding hydrogens is 338 g/mol. The van der Waals surface area contributed by atoms with Crippen molar-refractivity contribution in [3.8, 4) is 5.75 Å². The van der Waals surface area contributed by atoms with E-state index in [9.17, 15) is 8.42 Å². The van der Waals surface area contributed by atoms with Crippen molar-refractivity contribution in [1.82, 2.24) is 14.9 Å². The summed E-state index contributed by atoms with van der Waals surface area (Å²) < 4.78 is 30.3. The molecule has 25 heavy (non-hydrogen) atoms. The van der Waals surface area contributed by atoms with E-state index in [4.69, 9.17) is 4.74 Å². The lowest BCUT2D eigenvalue weighted by atomic mass is 10.1. The Hall–Kier alpha value is -1.86. The van der Waals surface area contributed by atoms with Crippen LogP contribution in [0.5, 0.6) is 5.75 Å². The number of hydrogen-bond donors (Lipinski definition) is 1. The number of aromatic amines is 1. The predicted octanol–water partition coefficient (Wildman–Crippen LogP) is 2.49. The maximum absolute atomic E-state index is 12.3. The minimum Gasteiger partial charge on any atom is -0.491 e. The Morgan fingerprint density at radius 1 is 1.32 bits per heavy atom. The molecule has 1 N–H and O–H groups in total. The van der Waals surface area contributed by atoms with Gasteiger partial charge in [-0.2, -0.15) is 0 Å². The summed E-state index contributed by atoms with van der Waals surface area (Å²) in [6.07, 6.45) is 4.08. The fourth-order valence-electron chi connectivity index (χ4n) is 3.21. The molecule has 1 saturated heterocycles. The molecule has 2 heterocycles. The summed E-state index contributed by atoms with van der Waals surface area (Å²) in [5.41, 5.74) is 1.21. The van der Waals surface area contributed by atoms with E-state index in [0.29, 0.717) is 0 Å². The number of sulfone groups is 1. The Labute approximate surface area is 149 Å². The molecule has 3 rings (SSSR count). The zero-order chi connectivity index (χ0) is 17.9. The highest BCUT2D eigenvalue weighted by molar-refractivity contribution is 7.91. The highest BCUT2D eigenvalue weighted by Gasteiger charge is 2.29. The van der Waals surface area contributed by atoms with Gasteiger partial charge in [0, 0.05) is 25.5 Å². The van der Waals surface area contributed by atoms with Crippen LogP contribution in [0.4, 0.5) is 0 Å². The summed E-state index contributed by atoms with van der Waals surface area (Å²) in [5, 5.41) is 0.0756. The van der Waals surface area contributed by atoms with Gasteiger partial charge in [0.25, 0.3) is 0 Å². The van der Waals surface area contributed by atoms with Crippen molar-refractivity contribution in [2.24, 2.45) is 5.92 Å². The van der Waals surface area contributed by atoms with Gasteiger partial charge < -0.3 is 9.72 Å². The van der Waals surface area contributed by atoms with Gasteiger partial charge in [-0.05, 0) is 50.4 Å². The predicted molar refractivity (Wildman–Crippen MR) is 96.2 cm³/mol. The van der Waals surface area contributed by atoms with Crippen molar-refractivity contribution in [3.63, 3.8) is 0 Å². The van der Waals surface area contributed by atoms with Crippen LogP contribution in [0.15, 0.2) is 41.8 Å². The van der Waals surface area contributed by atoms with Gasteiger partial charge in [-0.25, -0.2) is 13.4 Å². The van der Waals surface area contributed by atoms with Crippen molar-refractivity contribution in [3.05, 3.63) is 42.2 Å². The van der Waals surface area contributed by atoms with Crippen molar-refractivity contribution < 1.29 is 13.2 Å². The molecule has 1 aliphatic heterocycles. The highest BCUT2D eigenvalue weighted by Crippen LogP contribution is 2.23. The summed E-state index contributed by atoms with van der Waals surface area (Å²) in [5.74, 6) is 1.18. The van der Waals surface area contributed by atoms with Crippen molar-refractivity contribution in [2.45, 2.75) is 38.1 Å². The Bertz CT molecular complexity index is 770. The summed E-state index contributed by atoms with van der Waals surface area (Å²) in [6, 6.07) is 8.13. The van der Waals surface area contributed by atoms with Crippen molar-refractivity contribution in [2.75, 3.05) is 18.8 Å². The molecule has 6 nitrogen and oxygen atoms in total. The number of nitrogens with one attached hydrogen (secondary N) is 1. The Kier molecular flexibility index (Phi) is 5.44. The summed E-state index contributed by atoms with van der Waals surface area (Å²) in [4.78, 5) is 8.88. The van der Waals surface area contributed by atoms with Gasteiger partial charge in [-0.3, -0.25) is 4.90 Å². The maximum Gasteiger partial charge on any atom is 0.224 e. The average molecular weight is 363 g/mol. The molecule has 2 aromatic rings. The zero-order valence-electron chi connectivity index (χ0n) is 14.7. The first-order chi connectivity index (χ1) is 11.9. The van der Waals surface area contributed by atoms with E-state index in [1.807, 2.05) is 26.0 Å². The molecule has 1 aromatic heterocycles. The second-order valence-electron chi connectivity index (χ2n) is 6.88. The summed E-state index contributed by atoms with van der Waals surface area (Å²) in [7, 11) is -3.32. The number of hydrogen-bond acceptors (Lipinski definition) is 5. The normalized spacial score (nSPS) is 18.8. The minimum absolute atomic E-state index is 0.0756. The molecule has 0 amide bonds. The van der Waals surface area contributed by atoms with Crippen LogP contribution in [0.3, 0.4) is 0 Å². The number of benzene rings is 1. The number of rotatable bonds is 7. The van der Waals surface area contributed by atoms with Gasteiger partial charge in [0.1, 0.15) is 5.75 Å². The van der Waals surface area contributed by atoms with Crippen LogP contribution < -0.4 is 4.74 Å². The van der Waals surface area contributed by atoms with E-state index in [1.165, 1.54) is 11.8 Å². The molecule has 0 radical (unpaired) electrons. The van der Waals surface area contributed by atoms with E-state index in [-0.39, 0.29) is 22.9 Å². The van der Waals surface area contributed by atoms with E-state index in [0.717, 1.165) is 31.8 Å². The molecule has 0 bridgehead atoms. The van der Waals surface area contributed by atoms with Crippen molar-refractivity contribution >= 4 is 9.84 Å². The maximum atomic E-state index is 12.3. The first kappa shape index (κ1) is 17.9. The second-order valence-corrected chi connectivity index (χ2v) is 8.83. The van der Waals surface area contributed by atoms with Gasteiger partial charge in [-0.15, -0.1) is 0 Å². The molecule has 0 aliphatic carbocycles. The minimum atomic E-state index is -3.32. The first-order valence-corrected chi connectivity index (χ1v) is 10.3. The third-order valence-corrected chi connectivity index (χ3v) is 6.02. The lowest BCUT2D eigenvalue weighted by molar-refractivity contribution is 0.242. The third-order valence-electron chi connectivity index (χ3n) is 4.29. The lowest BCUT2D eigenvalue weighted by Crippen LogP contribution is -2.23. The first-order valence-electron chi connectivity index (χ1n) is 8.62. The van der Waals surface area contributed by atoms with Gasteiger partial charge >= 0.3 is 0 Å². The second kappa shape index (κ2) is 7.58. The van der Waals surface area contributed by atoms with Crippen LogP contribution >= 0.6 is 0 Å². The molecule has 1 aromatic carbocycles. The van der Waals surface area contributed by atoms with Crippen LogP contribution in [-0.2, 0) is 16.4 Å². The highest BCUT2D eigenvalue weighted by atomic mass is 32.2. The van der Waals surface area contributed by atoms with E-state index < -0.39 is 9.84 Å². The van der Waals surface area contributed by atoms with Gasteiger partial charge in [0.05, 0.1) is 11.9 Å². The van der Waals surface area contributed by atoms with Crippen molar-refractivity contribution in [1.29, 1.82) is 0 Å². The molecule has 1 aliphatic rings. The Balaban J connectivity index is 1.53. The topological polar surface area (TPSA) is 75.3 Å². The smallest absolute Gasteiger partial charge is 0.224 e. The van der Waals surface area contributed by atoms with Crippen LogP contribution in [0.25, 0.3) is 0 Å². The largest absolute Gasteiger partial charge is 0.491 e. The van der Waals surface area contributed by atoms with Crippen LogP contribution in [-0.4, -0.2) is 48.2 Å². The fourth-order valence-corrected chi connectivity index (χ4v) is 4.73. The van der Waals surface area contributed by atoms with Crippen LogP contribution in [0.1, 0.15) is 25.8 Å². The van der Waals surface area contributed by atoms with E-state index in [2.05, 4.69) is 27.0 Å². The number of imidazole rings is 1. The Morgan fingerprint density at radius 2 is 2.08 bits per heavy atom. The molecule has 0 saturated carbocycles. The molecule has 1 fully saturated rings. The standard InChI is InChI=1S/C18H25N3O3S/c1-14(2)24-17-5-3-15(4-6-17)11-21-10-7-16(12-21)13-25(22,23)18-19-8-9-20-18/h3-6,8-9,14,16H,7,10-13H2,1-2H3,(H,19,20)/t16-/m1/s1. The van der Waals surface area contributed by atoms with Crippen LogP contribution in [0.2, 0.25) is 0 Å². The quantitative estimate of drug-likeness (QED) is 0.818. The van der Waals surface area contributed by atoms with Crippen LogP contribution in [0, 0.1) is 5.92 Å². The SMILES string of the molecule is CC(C)Oc1ccc(CN2CC[C@@H](CS(=O)(=O)c3ncc[nH]3)C2)cc1. The van der Waals surface area contributed by atoms with Gasteiger partial charge in [0.15, 0.2) is 0 Å². The molecule has 136 valence electrons. The average Bonchev–Trinajstić information content (AvgIpc) is 3.21. The fraction of sp³-hybridized carbons (Fsp3) is 0.500. The number of H-pyrrole nitrogens is 1. The number of ether oxygens (including phenoxy) is 1. The Morgan fingerprint density at radius 3 is 2.72 bits per heavy atom. The molecular formula is C18H25N3O3S. The summed E-state index contributed by atoms with van der Waals surface area (Å²) in [6.45, 7) is 6.57. The van der Waals surface area contributed by atoms with E-state index >= 15 is 0 Å². The molecule has 7 heteroatoms.